The second kappa shape index (κ2) is 10.9. The molecule has 34 heavy (non-hydrogen) atoms. The first-order valence-corrected chi connectivity index (χ1v) is 11.9. The number of esters is 2. The number of carbonyl (C=O) groups excluding carboxylic acids is 2. The number of carbonyl (C=O) groups is 2. The van der Waals surface area contributed by atoms with Crippen molar-refractivity contribution in [1.82, 2.24) is 5.16 Å². The van der Waals surface area contributed by atoms with Gasteiger partial charge in [-0.15, -0.1) is 0 Å². The van der Waals surface area contributed by atoms with Crippen LogP contribution in [-0.2, 0) is 29.1 Å². The fourth-order valence-corrected chi connectivity index (χ4v) is 4.12. The predicted octanol–water partition coefficient (Wildman–Crippen LogP) is 3.27. The smallest absolute Gasteiger partial charge is 0.322 e. The molecule has 0 radical (unpaired) electrons. The number of hydrogen-bond donors (Lipinski definition) is 2. The zero-order chi connectivity index (χ0) is 24.7. The van der Waals surface area contributed by atoms with E-state index in [4.69, 9.17) is 18.4 Å². The summed E-state index contributed by atoms with van der Waals surface area (Å²) in [7, 11) is -3.91. The van der Waals surface area contributed by atoms with E-state index < -0.39 is 33.9 Å². The van der Waals surface area contributed by atoms with E-state index in [-0.39, 0.29) is 23.9 Å². The van der Waals surface area contributed by atoms with Crippen LogP contribution in [-0.4, -0.2) is 38.7 Å². The van der Waals surface area contributed by atoms with Crippen LogP contribution in [0.15, 0.2) is 62.6 Å². The van der Waals surface area contributed by atoms with Crippen LogP contribution in [0, 0.1) is 12.8 Å². The van der Waals surface area contributed by atoms with Crippen molar-refractivity contribution < 1.29 is 36.4 Å². The van der Waals surface area contributed by atoms with Crippen molar-refractivity contribution in [1.29, 1.82) is 0 Å². The highest BCUT2D eigenvalue weighted by Gasteiger charge is 2.40. The molecular weight excluding hydrogens is 466 g/mol. The highest BCUT2D eigenvalue weighted by molar-refractivity contribution is 7.92. The van der Waals surface area contributed by atoms with Crippen LogP contribution in [0.2, 0.25) is 0 Å². The van der Waals surface area contributed by atoms with E-state index in [9.17, 15) is 18.0 Å². The van der Waals surface area contributed by atoms with Crippen molar-refractivity contribution in [3.8, 4) is 0 Å². The molecule has 1 unspecified atom stereocenters. The van der Waals surface area contributed by atoms with Crippen LogP contribution in [0.4, 0.5) is 11.5 Å². The molecule has 0 bridgehead atoms. The Labute approximate surface area is 196 Å². The number of aryl methyl sites for hydroxylation is 1. The molecule has 2 aromatic heterocycles. The lowest BCUT2D eigenvalue weighted by atomic mass is 9.97. The van der Waals surface area contributed by atoms with Gasteiger partial charge in [0, 0.05) is 11.8 Å². The van der Waals surface area contributed by atoms with Crippen LogP contribution in [0.1, 0.15) is 31.4 Å². The average Bonchev–Trinajstić information content (AvgIpc) is 3.46. The molecule has 0 fully saturated rings. The van der Waals surface area contributed by atoms with Crippen LogP contribution < -0.4 is 10.0 Å². The Kier molecular flexibility index (Phi) is 7.95. The minimum Gasteiger partial charge on any atom is -0.467 e. The number of ether oxygens (including phenoxy) is 2. The molecule has 0 aliphatic carbocycles. The van der Waals surface area contributed by atoms with Crippen LogP contribution in [0.3, 0.4) is 0 Å². The number of benzene rings is 1. The molecule has 12 heteroatoms. The Morgan fingerprint density at radius 1 is 1.06 bits per heavy atom. The summed E-state index contributed by atoms with van der Waals surface area (Å²) >= 11 is 0. The van der Waals surface area contributed by atoms with E-state index in [1.807, 2.05) is 0 Å². The molecule has 0 aliphatic rings. The predicted molar refractivity (Wildman–Crippen MR) is 120 cm³/mol. The summed E-state index contributed by atoms with van der Waals surface area (Å²) in [4.78, 5) is 25.3. The van der Waals surface area contributed by atoms with Crippen molar-refractivity contribution in [2.24, 2.45) is 5.92 Å². The van der Waals surface area contributed by atoms with Gasteiger partial charge in [-0.05, 0) is 57.2 Å². The molecule has 2 N–H and O–H groups in total. The second-order valence-corrected chi connectivity index (χ2v) is 8.75. The van der Waals surface area contributed by atoms with Crippen LogP contribution in [0.5, 0.6) is 0 Å². The third-order valence-electron chi connectivity index (χ3n) is 4.62. The Hall–Kier alpha value is -3.80. The first-order valence-electron chi connectivity index (χ1n) is 10.4. The molecule has 0 saturated heterocycles. The van der Waals surface area contributed by atoms with Gasteiger partial charge in [0.05, 0.1) is 24.4 Å². The highest BCUT2D eigenvalue weighted by atomic mass is 32.2. The van der Waals surface area contributed by atoms with Gasteiger partial charge >= 0.3 is 11.9 Å². The number of nitrogens with one attached hydrogen (secondary N) is 2. The Morgan fingerprint density at radius 3 is 2.21 bits per heavy atom. The van der Waals surface area contributed by atoms with E-state index in [0.717, 1.165) is 0 Å². The summed E-state index contributed by atoms with van der Waals surface area (Å²) in [5.74, 6) is -2.09. The lowest BCUT2D eigenvalue weighted by Crippen LogP contribution is -2.36. The molecule has 2 heterocycles. The molecule has 1 atom stereocenters. The van der Waals surface area contributed by atoms with Gasteiger partial charge in [0.25, 0.3) is 10.0 Å². The number of furan rings is 1. The standard InChI is InChI=1S/C22H25N3O8S/c1-4-30-21(26)19(22(27)31-5-2)20(17-7-6-12-32-17)23-15-8-10-16(11-9-15)34(28,29)25-18-13-14(3)33-24-18/h6-13,19-20,23H,4-5H2,1-3H3,(H,24,25). The summed E-state index contributed by atoms with van der Waals surface area (Å²) in [6, 6.07) is 9.41. The van der Waals surface area contributed by atoms with Gasteiger partial charge in [0.15, 0.2) is 11.7 Å². The topological polar surface area (TPSA) is 150 Å². The van der Waals surface area contributed by atoms with Crippen LogP contribution >= 0.6 is 0 Å². The van der Waals surface area contributed by atoms with E-state index in [1.165, 1.54) is 36.6 Å². The summed E-state index contributed by atoms with van der Waals surface area (Å²) < 4.78 is 48.0. The van der Waals surface area contributed by atoms with E-state index in [1.54, 1.807) is 32.9 Å². The van der Waals surface area contributed by atoms with Crippen molar-refractivity contribution in [2.45, 2.75) is 31.7 Å². The SMILES string of the molecule is CCOC(=O)C(C(=O)OCC)C(Nc1ccc(S(=O)(=O)Nc2cc(C)on2)cc1)c1ccco1. The first kappa shape index (κ1) is 24.8. The van der Waals surface area contributed by atoms with E-state index in [0.29, 0.717) is 17.2 Å². The maximum absolute atomic E-state index is 12.6. The first-order chi connectivity index (χ1) is 16.2. The fourth-order valence-electron chi connectivity index (χ4n) is 3.14. The summed E-state index contributed by atoms with van der Waals surface area (Å²) in [6.07, 6.45) is 1.41. The molecule has 0 spiro atoms. The van der Waals surface area contributed by atoms with E-state index in [2.05, 4.69) is 15.2 Å². The van der Waals surface area contributed by atoms with Gasteiger partial charge in [-0.3, -0.25) is 14.3 Å². The van der Waals surface area contributed by atoms with Crippen molar-refractivity contribution >= 4 is 33.5 Å². The number of aromatic nitrogens is 1. The molecule has 3 rings (SSSR count). The molecule has 1 aromatic carbocycles. The minimum absolute atomic E-state index is 0.0272. The normalized spacial score (nSPS) is 12.2. The van der Waals surface area contributed by atoms with Gasteiger partial charge in [-0.25, -0.2) is 8.42 Å². The molecular formula is C22H25N3O8S. The Balaban J connectivity index is 1.86. The van der Waals surface area contributed by atoms with Crippen molar-refractivity contribution in [3.05, 3.63) is 60.2 Å². The van der Waals surface area contributed by atoms with Crippen LogP contribution in [0.25, 0.3) is 0 Å². The summed E-state index contributed by atoms with van der Waals surface area (Å²) in [5.41, 5.74) is 0.427. The maximum atomic E-state index is 12.6. The molecule has 0 saturated carbocycles. The summed E-state index contributed by atoms with van der Waals surface area (Å²) in [6.45, 7) is 5.04. The van der Waals surface area contributed by atoms with Gasteiger partial charge in [-0.2, -0.15) is 0 Å². The summed E-state index contributed by atoms with van der Waals surface area (Å²) in [5, 5.41) is 6.67. The third kappa shape index (κ3) is 5.95. The number of sulfonamides is 1. The molecule has 11 nitrogen and oxygen atoms in total. The zero-order valence-corrected chi connectivity index (χ0v) is 19.6. The second-order valence-electron chi connectivity index (χ2n) is 7.07. The highest BCUT2D eigenvalue weighted by Crippen LogP contribution is 2.30. The van der Waals surface area contributed by atoms with Gasteiger partial charge in [0.1, 0.15) is 17.6 Å². The van der Waals surface area contributed by atoms with Crippen molar-refractivity contribution in [2.75, 3.05) is 23.3 Å². The zero-order valence-electron chi connectivity index (χ0n) is 18.8. The number of hydrogen-bond acceptors (Lipinski definition) is 10. The monoisotopic (exact) mass is 491 g/mol. The molecule has 182 valence electrons. The molecule has 0 aliphatic heterocycles. The van der Waals surface area contributed by atoms with Gasteiger partial charge in [-0.1, -0.05) is 5.16 Å². The number of rotatable bonds is 11. The maximum Gasteiger partial charge on any atom is 0.322 e. The molecule has 0 amide bonds. The number of nitrogens with zero attached hydrogens (tertiary/aromatic N) is 1. The Bertz CT molecular complexity index is 1190. The Morgan fingerprint density at radius 2 is 1.71 bits per heavy atom. The third-order valence-corrected chi connectivity index (χ3v) is 5.99. The van der Waals surface area contributed by atoms with E-state index >= 15 is 0 Å². The fraction of sp³-hybridized carbons (Fsp3) is 0.318. The quantitative estimate of drug-likeness (QED) is 0.302. The lowest BCUT2D eigenvalue weighted by Gasteiger charge is -2.24. The minimum atomic E-state index is -3.91. The largest absolute Gasteiger partial charge is 0.467 e. The number of anilines is 2. The lowest BCUT2D eigenvalue weighted by molar-refractivity contribution is -0.162. The van der Waals surface area contributed by atoms with Gasteiger partial charge < -0.3 is 23.7 Å². The van der Waals surface area contributed by atoms with Gasteiger partial charge in [0.2, 0.25) is 0 Å². The molecule has 3 aromatic rings. The van der Waals surface area contributed by atoms with Crippen molar-refractivity contribution in [3.63, 3.8) is 0 Å². The average molecular weight is 492 g/mol.